The van der Waals surface area contributed by atoms with Gasteiger partial charge in [-0.2, -0.15) is 0 Å². The van der Waals surface area contributed by atoms with E-state index in [1.165, 1.54) is 16.2 Å². The highest BCUT2D eigenvalue weighted by molar-refractivity contribution is 7.15. The molecule has 0 spiro atoms. The molecule has 0 radical (unpaired) electrons. The topological polar surface area (TPSA) is 92.8 Å². The first-order valence-electron chi connectivity index (χ1n) is 12.5. The number of ether oxygens (including phenoxy) is 1. The van der Waals surface area contributed by atoms with E-state index in [2.05, 4.69) is 5.32 Å². The van der Waals surface area contributed by atoms with Gasteiger partial charge in [0, 0.05) is 29.8 Å². The number of rotatable bonds is 8. The summed E-state index contributed by atoms with van der Waals surface area (Å²) in [6, 6.07) is 7.81. The molecular weight excluding hydrogens is 476 g/mol. The predicted molar refractivity (Wildman–Crippen MR) is 140 cm³/mol. The largest absolute Gasteiger partial charge is 0.462 e. The van der Waals surface area contributed by atoms with E-state index in [1.807, 2.05) is 57.3 Å². The van der Waals surface area contributed by atoms with Gasteiger partial charge in [0.15, 0.2) is 0 Å². The minimum atomic E-state index is -0.550. The van der Waals surface area contributed by atoms with Gasteiger partial charge >= 0.3 is 5.97 Å². The van der Waals surface area contributed by atoms with Crippen LogP contribution in [0.1, 0.15) is 69.3 Å². The Labute approximate surface area is 216 Å². The van der Waals surface area contributed by atoms with Crippen molar-refractivity contribution in [1.82, 2.24) is 4.90 Å². The van der Waals surface area contributed by atoms with Crippen molar-refractivity contribution in [3.8, 4) is 11.1 Å². The first-order chi connectivity index (χ1) is 17.0. The molecule has 3 amide bonds. The molecule has 1 aromatic heterocycles. The second-order valence-electron chi connectivity index (χ2n) is 10.5. The lowest BCUT2D eigenvalue weighted by Gasteiger charge is -2.47. The summed E-state index contributed by atoms with van der Waals surface area (Å²) in [5.74, 6) is -1.17. The molecule has 2 bridgehead atoms. The molecule has 7 nitrogen and oxygen atoms in total. The molecule has 4 rings (SSSR count). The Morgan fingerprint density at radius 3 is 2.53 bits per heavy atom. The van der Waals surface area contributed by atoms with E-state index in [1.54, 1.807) is 6.92 Å². The van der Waals surface area contributed by atoms with E-state index in [0.29, 0.717) is 29.0 Å². The lowest BCUT2D eigenvalue weighted by molar-refractivity contribution is -0.168. The van der Waals surface area contributed by atoms with Crippen LogP contribution in [-0.4, -0.2) is 41.7 Å². The molecule has 192 valence electrons. The Bertz CT molecular complexity index is 1200. The standard InChI is InChI=1S/C28H34N2O5S/c1-6-35-25(33)22-19(18-11-9-17(2)10-12-18)16-36-23(22)29-21(31)8-7-15-30-24(32)20-13-14-28(5,26(30)34)27(20,3)4/h9-12,16,20H,6-8,13-15H2,1-5H3,(H,29,31). The Balaban J connectivity index is 1.43. The van der Waals surface area contributed by atoms with Crippen molar-refractivity contribution in [3.63, 3.8) is 0 Å². The van der Waals surface area contributed by atoms with Crippen LogP contribution in [0.4, 0.5) is 5.00 Å². The molecule has 36 heavy (non-hydrogen) atoms. The summed E-state index contributed by atoms with van der Waals surface area (Å²) in [5, 5.41) is 5.13. The third-order valence-electron chi connectivity index (χ3n) is 8.18. The van der Waals surface area contributed by atoms with Gasteiger partial charge < -0.3 is 10.1 Å². The number of likely N-dealkylation sites (tertiary alicyclic amines) is 1. The number of thiophene rings is 1. The van der Waals surface area contributed by atoms with Gasteiger partial charge in [-0.3, -0.25) is 19.3 Å². The fourth-order valence-electron chi connectivity index (χ4n) is 5.50. The second-order valence-corrected chi connectivity index (χ2v) is 11.4. The highest BCUT2D eigenvalue weighted by atomic mass is 32.1. The molecule has 2 aromatic rings. The quantitative estimate of drug-likeness (QED) is 0.378. The summed E-state index contributed by atoms with van der Waals surface area (Å²) in [4.78, 5) is 53.1. The van der Waals surface area contributed by atoms with E-state index in [0.717, 1.165) is 17.5 Å². The fourth-order valence-corrected chi connectivity index (χ4v) is 6.47. The average Bonchev–Trinajstić information content (AvgIpc) is 3.31. The second kappa shape index (κ2) is 9.81. The van der Waals surface area contributed by atoms with Crippen LogP contribution in [-0.2, 0) is 19.1 Å². The number of fused-ring (bicyclic) bond motifs is 2. The zero-order chi connectivity index (χ0) is 26.3. The minimum absolute atomic E-state index is 0.119. The number of carbonyl (C=O) groups is 4. The van der Waals surface area contributed by atoms with E-state index in [-0.39, 0.29) is 48.6 Å². The van der Waals surface area contributed by atoms with Crippen molar-refractivity contribution in [2.24, 2.45) is 16.7 Å². The number of aryl methyl sites for hydroxylation is 1. The van der Waals surface area contributed by atoms with E-state index < -0.39 is 11.4 Å². The van der Waals surface area contributed by atoms with Crippen molar-refractivity contribution in [2.75, 3.05) is 18.5 Å². The molecule has 1 saturated heterocycles. The molecule has 1 aromatic carbocycles. The van der Waals surface area contributed by atoms with Crippen LogP contribution in [0, 0.1) is 23.7 Å². The van der Waals surface area contributed by atoms with Crippen LogP contribution < -0.4 is 5.32 Å². The number of hydrogen-bond acceptors (Lipinski definition) is 6. The van der Waals surface area contributed by atoms with E-state index in [4.69, 9.17) is 4.74 Å². The number of nitrogens with zero attached hydrogens (tertiary/aromatic N) is 1. The number of imide groups is 1. The highest BCUT2D eigenvalue weighted by Gasteiger charge is 2.64. The Morgan fingerprint density at radius 2 is 1.86 bits per heavy atom. The maximum Gasteiger partial charge on any atom is 0.341 e. The Morgan fingerprint density at radius 1 is 1.17 bits per heavy atom. The summed E-state index contributed by atoms with van der Waals surface area (Å²) in [6.45, 7) is 10.2. The van der Waals surface area contributed by atoms with Gasteiger partial charge in [0.05, 0.1) is 12.0 Å². The molecule has 2 unspecified atom stereocenters. The SMILES string of the molecule is CCOC(=O)c1c(-c2ccc(C)cc2)csc1NC(=O)CCCN1C(=O)C2CCC(C)(C1=O)C2(C)C. The average molecular weight is 511 g/mol. The molecule has 1 N–H and O–H groups in total. The van der Waals surface area contributed by atoms with Crippen LogP contribution in [0.25, 0.3) is 11.1 Å². The van der Waals surface area contributed by atoms with Gasteiger partial charge in [-0.1, -0.05) is 50.6 Å². The lowest BCUT2D eigenvalue weighted by atomic mass is 9.62. The molecule has 2 aliphatic rings. The number of carbonyl (C=O) groups excluding carboxylic acids is 4. The van der Waals surface area contributed by atoms with Crippen LogP contribution >= 0.6 is 11.3 Å². The van der Waals surface area contributed by atoms with E-state index in [9.17, 15) is 19.2 Å². The minimum Gasteiger partial charge on any atom is -0.462 e. The van der Waals surface area contributed by atoms with Crippen molar-refractivity contribution >= 4 is 40.0 Å². The normalized spacial score (nSPS) is 22.6. The third-order valence-corrected chi connectivity index (χ3v) is 9.07. The van der Waals surface area contributed by atoms with Crippen LogP contribution in [0.15, 0.2) is 29.6 Å². The smallest absolute Gasteiger partial charge is 0.341 e. The van der Waals surface area contributed by atoms with Gasteiger partial charge in [-0.05, 0) is 44.1 Å². The summed E-state index contributed by atoms with van der Waals surface area (Å²) >= 11 is 1.28. The monoisotopic (exact) mass is 510 g/mol. The number of anilines is 1. The van der Waals surface area contributed by atoms with E-state index >= 15 is 0 Å². The first kappa shape index (κ1) is 26.1. The van der Waals surface area contributed by atoms with Gasteiger partial charge in [0.25, 0.3) is 0 Å². The van der Waals surface area contributed by atoms with Crippen LogP contribution in [0.3, 0.4) is 0 Å². The van der Waals surface area contributed by atoms with Gasteiger partial charge in [0.1, 0.15) is 10.6 Å². The molecular formula is C28H34N2O5S. The van der Waals surface area contributed by atoms with Gasteiger partial charge in [-0.15, -0.1) is 11.3 Å². The number of esters is 1. The molecule has 1 saturated carbocycles. The number of piperidine rings is 1. The third kappa shape index (κ3) is 4.36. The Hall–Kier alpha value is -3.00. The van der Waals surface area contributed by atoms with Crippen molar-refractivity contribution in [1.29, 1.82) is 0 Å². The lowest BCUT2D eigenvalue weighted by Crippen LogP contribution is -2.59. The molecule has 2 heterocycles. The summed E-state index contributed by atoms with van der Waals surface area (Å²) in [5.41, 5.74) is 2.13. The van der Waals surface area contributed by atoms with Crippen molar-refractivity contribution < 1.29 is 23.9 Å². The van der Waals surface area contributed by atoms with Crippen LogP contribution in [0.5, 0.6) is 0 Å². The van der Waals surface area contributed by atoms with Crippen molar-refractivity contribution in [3.05, 3.63) is 40.8 Å². The molecule has 2 fully saturated rings. The molecule has 8 heteroatoms. The summed E-state index contributed by atoms with van der Waals surface area (Å²) in [7, 11) is 0. The van der Waals surface area contributed by atoms with Crippen molar-refractivity contribution in [2.45, 2.75) is 60.3 Å². The fraction of sp³-hybridized carbons (Fsp3) is 0.500. The summed E-state index contributed by atoms with van der Waals surface area (Å²) < 4.78 is 5.27. The number of hydrogen-bond donors (Lipinski definition) is 1. The van der Waals surface area contributed by atoms with Gasteiger partial charge in [0.2, 0.25) is 17.7 Å². The maximum atomic E-state index is 13.2. The molecule has 1 aliphatic carbocycles. The number of benzene rings is 1. The number of nitrogens with one attached hydrogen (secondary N) is 1. The Kier molecular flexibility index (Phi) is 7.10. The number of amides is 3. The first-order valence-corrected chi connectivity index (χ1v) is 13.4. The predicted octanol–water partition coefficient (Wildman–Crippen LogP) is 5.43. The molecule has 2 atom stereocenters. The zero-order valence-electron chi connectivity index (χ0n) is 21.6. The molecule has 1 aliphatic heterocycles. The zero-order valence-corrected chi connectivity index (χ0v) is 22.4. The van der Waals surface area contributed by atoms with Gasteiger partial charge in [-0.25, -0.2) is 4.79 Å². The highest BCUT2D eigenvalue weighted by Crippen LogP contribution is 2.60. The maximum absolute atomic E-state index is 13.2. The summed E-state index contributed by atoms with van der Waals surface area (Å²) in [6.07, 6.45) is 1.92. The van der Waals surface area contributed by atoms with Crippen LogP contribution in [0.2, 0.25) is 0 Å².